The van der Waals surface area contributed by atoms with Gasteiger partial charge in [-0.3, -0.25) is 4.79 Å². The zero-order valence-electron chi connectivity index (χ0n) is 11.9. The highest BCUT2D eigenvalue weighted by Gasteiger charge is 2.04. The van der Waals surface area contributed by atoms with Crippen LogP contribution in [0.1, 0.15) is 46.6 Å². The molecule has 0 radical (unpaired) electrons. The molecule has 1 atom stereocenters. The van der Waals surface area contributed by atoms with Gasteiger partial charge in [0.15, 0.2) is 0 Å². The molecule has 1 aromatic carbocycles. The van der Waals surface area contributed by atoms with Crippen LogP contribution in [0.15, 0.2) is 30.3 Å². The SMILES string of the molecule is CC.CC.CC[C@@H](Cc1ccccc1)NC=O. The average Bonchev–Trinajstić information content (AvgIpc) is 2.44. The summed E-state index contributed by atoms with van der Waals surface area (Å²) < 4.78 is 0. The molecule has 1 rings (SSSR count). The van der Waals surface area contributed by atoms with E-state index in [1.165, 1.54) is 5.56 Å². The predicted molar refractivity (Wildman–Crippen MR) is 76.1 cm³/mol. The maximum absolute atomic E-state index is 10.3. The Labute approximate surface area is 106 Å². The summed E-state index contributed by atoms with van der Waals surface area (Å²) in [6.07, 6.45) is 2.65. The summed E-state index contributed by atoms with van der Waals surface area (Å²) in [4.78, 5) is 10.3. The number of amides is 1. The number of benzene rings is 1. The van der Waals surface area contributed by atoms with Crippen molar-refractivity contribution >= 4 is 6.41 Å². The molecular weight excluding hydrogens is 210 g/mol. The molecule has 1 aromatic rings. The van der Waals surface area contributed by atoms with Gasteiger partial charge in [-0.25, -0.2) is 0 Å². The molecule has 0 aliphatic carbocycles. The minimum absolute atomic E-state index is 0.264. The highest BCUT2D eigenvalue weighted by Crippen LogP contribution is 2.04. The first-order chi connectivity index (χ1) is 8.36. The monoisotopic (exact) mass is 237 g/mol. The number of nitrogens with one attached hydrogen (secondary N) is 1. The van der Waals surface area contributed by atoms with Crippen LogP contribution < -0.4 is 5.32 Å². The minimum Gasteiger partial charge on any atom is -0.356 e. The Balaban J connectivity index is 0. The van der Waals surface area contributed by atoms with Crippen molar-refractivity contribution in [3.8, 4) is 0 Å². The zero-order valence-corrected chi connectivity index (χ0v) is 11.9. The largest absolute Gasteiger partial charge is 0.356 e. The van der Waals surface area contributed by atoms with Gasteiger partial charge in [0, 0.05) is 6.04 Å². The van der Waals surface area contributed by atoms with Crippen LogP contribution in [0.4, 0.5) is 0 Å². The zero-order chi connectivity index (χ0) is 13.5. The van der Waals surface area contributed by atoms with Gasteiger partial charge >= 0.3 is 0 Å². The highest BCUT2D eigenvalue weighted by molar-refractivity contribution is 5.46. The van der Waals surface area contributed by atoms with E-state index < -0.39 is 0 Å². The Hall–Kier alpha value is -1.31. The van der Waals surface area contributed by atoms with Crippen molar-refractivity contribution in [2.75, 3.05) is 0 Å². The van der Waals surface area contributed by atoms with E-state index in [0.29, 0.717) is 0 Å². The lowest BCUT2D eigenvalue weighted by Crippen LogP contribution is -2.28. The molecule has 2 heteroatoms. The van der Waals surface area contributed by atoms with Gasteiger partial charge in [0.05, 0.1) is 0 Å². The first-order valence-electron chi connectivity index (χ1n) is 6.60. The smallest absolute Gasteiger partial charge is 0.207 e. The van der Waals surface area contributed by atoms with Gasteiger partial charge in [-0.05, 0) is 18.4 Å². The number of carbonyl (C=O) groups is 1. The molecule has 0 aromatic heterocycles. The molecule has 0 saturated heterocycles. The van der Waals surface area contributed by atoms with Gasteiger partial charge in [0.1, 0.15) is 0 Å². The molecule has 0 heterocycles. The van der Waals surface area contributed by atoms with Crippen molar-refractivity contribution in [1.29, 1.82) is 0 Å². The number of carbonyl (C=O) groups excluding carboxylic acids is 1. The second-order valence-corrected chi connectivity index (χ2v) is 3.08. The third kappa shape index (κ3) is 9.61. The van der Waals surface area contributed by atoms with E-state index in [1.807, 2.05) is 45.9 Å². The maximum atomic E-state index is 10.3. The summed E-state index contributed by atoms with van der Waals surface area (Å²) in [6.45, 7) is 10.1. The van der Waals surface area contributed by atoms with Crippen molar-refractivity contribution in [2.45, 2.75) is 53.5 Å². The van der Waals surface area contributed by atoms with Crippen LogP contribution >= 0.6 is 0 Å². The third-order valence-corrected chi connectivity index (χ3v) is 2.12. The van der Waals surface area contributed by atoms with Crippen molar-refractivity contribution in [2.24, 2.45) is 0 Å². The highest BCUT2D eigenvalue weighted by atomic mass is 16.1. The summed E-state index contributed by atoms with van der Waals surface area (Å²) in [7, 11) is 0. The Bertz CT molecular complexity index is 246. The van der Waals surface area contributed by atoms with Crippen LogP contribution in [0.3, 0.4) is 0 Å². The molecule has 0 aliphatic heterocycles. The van der Waals surface area contributed by atoms with E-state index in [1.54, 1.807) is 0 Å². The normalized spacial score (nSPS) is 9.94. The van der Waals surface area contributed by atoms with E-state index in [2.05, 4.69) is 24.4 Å². The van der Waals surface area contributed by atoms with Crippen LogP contribution in [0.25, 0.3) is 0 Å². The Morgan fingerprint density at radius 1 is 1.12 bits per heavy atom. The first kappa shape index (κ1) is 18.1. The summed E-state index contributed by atoms with van der Waals surface area (Å²) >= 11 is 0. The molecular formula is C15H27NO. The van der Waals surface area contributed by atoms with Gasteiger partial charge in [-0.15, -0.1) is 0 Å². The first-order valence-corrected chi connectivity index (χ1v) is 6.60. The molecule has 0 unspecified atom stereocenters. The van der Waals surface area contributed by atoms with Crippen LogP contribution in [0, 0.1) is 0 Å². The van der Waals surface area contributed by atoms with E-state index in [4.69, 9.17) is 0 Å². The second kappa shape index (κ2) is 14.7. The molecule has 98 valence electrons. The molecule has 0 aliphatic rings. The Morgan fingerprint density at radius 3 is 2.06 bits per heavy atom. The van der Waals surface area contributed by atoms with Crippen molar-refractivity contribution in [3.05, 3.63) is 35.9 Å². The van der Waals surface area contributed by atoms with Gasteiger partial charge in [-0.1, -0.05) is 65.0 Å². The number of hydrogen-bond acceptors (Lipinski definition) is 1. The standard InChI is InChI=1S/C11H15NO.2C2H6/c1-2-11(12-9-13)8-10-6-4-3-5-7-10;2*1-2/h3-7,9,11H,2,8H2,1H3,(H,12,13);2*1-2H3/t11-;;/m0../s1. The lowest BCUT2D eigenvalue weighted by molar-refractivity contribution is -0.110. The maximum Gasteiger partial charge on any atom is 0.207 e. The molecule has 0 bridgehead atoms. The van der Waals surface area contributed by atoms with Crippen molar-refractivity contribution < 1.29 is 4.79 Å². The second-order valence-electron chi connectivity index (χ2n) is 3.08. The van der Waals surface area contributed by atoms with Crippen molar-refractivity contribution in [3.63, 3.8) is 0 Å². The van der Waals surface area contributed by atoms with Gasteiger partial charge in [-0.2, -0.15) is 0 Å². The molecule has 17 heavy (non-hydrogen) atoms. The lowest BCUT2D eigenvalue weighted by Gasteiger charge is -2.13. The van der Waals surface area contributed by atoms with Gasteiger partial charge in [0.25, 0.3) is 0 Å². The van der Waals surface area contributed by atoms with E-state index >= 15 is 0 Å². The third-order valence-electron chi connectivity index (χ3n) is 2.12. The Morgan fingerprint density at radius 2 is 1.65 bits per heavy atom. The van der Waals surface area contributed by atoms with Crippen LogP contribution in [0.5, 0.6) is 0 Å². The quantitative estimate of drug-likeness (QED) is 0.775. The van der Waals surface area contributed by atoms with Gasteiger partial charge in [0.2, 0.25) is 6.41 Å². The summed E-state index contributed by atoms with van der Waals surface area (Å²) in [5.41, 5.74) is 1.27. The van der Waals surface area contributed by atoms with Crippen LogP contribution in [-0.4, -0.2) is 12.5 Å². The van der Waals surface area contributed by atoms with Gasteiger partial charge < -0.3 is 5.32 Å². The summed E-state index contributed by atoms with van der Waals surface area (Å²) in [6, 6.07) is 10.5. The number of rotatable bonds is 5. The molecule has 0 fully saturated rings. The minimum atomic E-state index is 0.264. The lowest BCUT2D eigenvalue weighted by atomic mass is 10.0. The van der Waals surface area contributed by atoms with E-state index in [9.17, 15) is 4.79 Å². The number of hydrogen-bond donors (Lipinski definition) is 1. The average molecular weight is 237 g/mol. The summed E-state index contributed by atoms with van der Waals surface area (Å²) in [5, 5.41) is 2.80. The Kier molecular flexibility index (Phi) is 15.6. The molecule has 1 amide bonds. The molecule has 1 N–H and O–H groups in total. The summed E-state index contributed by atoms with van der Waals surface area (Å²) in [5.74, 6) is 0. The fraction of sp³-hybridized carbons (Fsp3) is 0.533. The molecule has 0 saturated carbocycles. The van der Waals surface area contributed by atoms with Crippen molar-refractivity contribution in [1.82, 2.24) is 5.32 Å². The predicted octanol–water partition coefficient (Wildman–Crippen LogP) is 3.81. The van der Waals surface area contributed by atoms with Crippen LogP contribution in [-0.2, 0) is 11.2 Å². The molecule has 2 nitrogen and oxygen atoms in total. The fourth-order valence-corrected chi connectivity index (χ4v) is 1.32. The van der Waals surface area contributed by atoms with E-state index in [-0.39, 0.29) is 6.04 Å². The topological polar surface area (TPSA) is 29.1 Å². The fourth-order valence-electron chi connectivity index (χ4n) is 1.32. The van der Waals surface area contributed by atoms with Crippen LogP contribution in [0.2, 0.25) is 0 Å². The molecule has 0 spiro atoms. The van der Waals surface area contributed by atoms with E-state index in [0.717, 1.165) is 19.3 Å².